The van der Waals surface area contributed by atoms with Gasteiger partial charge in [-0.2, -0.15) is 0 Å². The molecule has 0 saturated heterocycles. The van der Waals surface area contributed by atoms with Gasteiger partial charge in [0.1, 0.15) is 0 Å². The number of rotatable bonds is 2. The molecule has 0 radical (unpaired) electrons. The summed E-state index contributed by atoms with van der Waals surface area (Å²) in [4.78, 5) is 10.5. The van der Waals surface area contributed by atoms with E-state index in [0.717, 1.165) is 5.01 Å². The molecule has 0 unspecified atom stereocenters. The van der Waals surface area contributed by atoms with Crippen molar-refractivity contribution in [3.8, 4) is 0 Å². The Morgan fingerprint density at radius 3 is 2.38 bits per heavy atom. The number of hydrogen-bond donors (Lipinski definition) is 2. The summed E-state index contributed by atoms with van der Waals surface area (Å²) in [7, 11) is 1.50. The van der Waals surface area contributed by atoms with Crippen molar-refractivity contribution in [1.29, 1.82) is 0 Å². The second-order valence-electron chi connectivity index (χ2n) is 1.54. The van der Waals surface area contributed by atoms with Crippen LogP contribution in [-0.2, 0) is 4.79 Å². The van der Waals surface area contributed by atoms with E-state index in [1.165, 1.54) is 7.05 Å². The number of amides is 1. The maximum Gasteiger partial charge on any atom is 0.237 e. The molecule has 4 N–H and O–H groups in total. The van der Waals surface area contributed by atoms with E-state index in [9.17, 15) is 4.79 Å². The van der Waals surface area contributed by atoms with Crippen molar-refractivity contribution in [2.75, 3.05) is 13.6 Å². The van der Waals surface area contributed by atoms with Crippen molar-refractivity contribution in [1.82, 2.24) is 5.01 Å². The average Bonchev–Trinajstić information content (AvgIpc) is 1.67. The Labute approximate surface area is 48.4 Å². The van der Waals surface area contributed by atoms with Gasteiger partial charge in [0.25, 0.3) is 0 Å². The lowest BCUT2D eigenvalue weighted by atomic mass is 10.4. The molecule has 0 fully saturated rings. The number of hydrazine groups is 1. The Morgan fingerprint density at radius 2 is 2.25 bits per heavy atom. The fourth-order valence-corrected chi connectivity index (χ4v) is 0.300. The quantitative estimate of drug-likeness (QED) is 0.267. The fraction of sp³-hybridized carbons (Fsp3) is 0.750. The first-order valence-electron chi connectivity index (χ1n) is 2.39. The lowest BCUT2D eigenvalue weighted by Crippen LogP contribution is -2.34. The van der Waals surface area contributed by atoms with E-state index in [4.69, 9.17) is 11.6 Å². The highest BCUT2D eigenvalue weighted by Crippen LogP contribution is 1.78. The van der Waals surface area contributed by atoms with Crippen LogP contribution in [0, 0.1) is 0 Å². The molecular formula is C4H11N3O. The van der Waals surface area contributed by atoms with Crippen molar-refractivity contribution in [2.24, 2.45) is 11.6 Å². The molecule has 0 aromatic rings. The molecule has 4 nitrogen and oxygen atoms in total. The Morgan fingerprint density at radius 1 is 1.75 bits per heavy atom. The van der Waals surface area contributed by atoms with Gasteiger partial charge in [-0.3, -0.25) is 9.80 Å². The monoisotopic (exact) mass is 117 g/mol. The summed E-state index contributed by atoms with van der Waals surface area (Å²) in [6.07, 6.45) is 0.326. The largest absolute Gasteiger partial charge is 0.330 e. The second kappa shape index (κ2) is 3.40. The van der Waals surface area contributed by atoms with E-state index < -0.39 is 0 Å². The first kappa shape index (κ1) is 7.39. The maximum absolute atomic E-state index is 10.5. The minimum Gasteiger partial charge on any atom is -0.330 e. The van der Waals surface area contributed by atoms with Crippen LogP contribution in [-0.4, -0.2) is 24.5 Å². The van der Waals surface area contributed by atoms with Crippen LogP contribution in [0.1, 0.15) is 6.42 Å². The molecule has 0 aliphatic carbocycles. The Hall–Kier alpha value is -0.610. The van der Waals surface area contributed by atoms with Crippen LogP contribution in [0.15, 0.2) is 0 Å². The minimum atomic E-state index is -0.132. The first-order valence-corrected chi connectivity index (χ1v) is 2.39. The van der Waals surface area contributed by atoms with E-state index in [2.05, 4.69) is 0 Å². The van der Waals surface area contributed by atoms with Crippen LogP contribution in [0.3, 0.4) is 0 Å². The Balaban J connectivity index is 3.33. The van der Waals surface area contributed by atoms with E-state index in [0.29, 0.717) is 13.0 Å². The average molecular weight is 117 g/mol. The lowest BCUT2D eigenvalue weighted by molar-refractivity contribution is -0.129. The number of hydrogen-bond acceptors (Lipinski definition) is 3. The minimum absolute atomic E-state index is 0.132. The molecule has 0 aliphatic heterocycles. The van der Waals surface area contributed by atoms with Crippen LogP contribution in [0.4, 0.5) is 0 Å². The van der Waals surface area contributed by atoms with Gasteiger partial charge in [0, 0.05) is 20.0 Å². The van der Waals surface area contributed by atoms with Gasteiger partial charge in [-0.25, -0.2) is 5.84 Å². The van der Waals surface area contributed by atoms with Crippen LogP contribution >= 0.6 is 0 Å². The predicted molar refractivity (Wildman–Crippen MR) is 30.6 cm³/mol. The molecule has 48 valence electrons. The summed E-state index contributed by atoms with van der Waals surface area (Å²) in [5.74, 6) is 4.92. The molecule has 0 heterocycles. The molecule has 0 rings (SSSR count). The number of nitrogens with zero attached hydrogens (tertiary/aromatic N) is 1. The number of nitrogens with two attached hydrogens (primary N) is 2. The molecule has 0 spiro atoms. The standard InChI is InChI=1S/C4H11N3O/c1-7(6)4(8)2-3-5/h2-3,5-6H2,1H3. The predicted octanol–water partition coefficient (Wildman–Crippen LogP) is -1.33. The van der Waals surface area contributed by atoms with Gasteiger partial charge in [-0.1, -0.05) is 0 Å². The fourth-order valence-electron chi connectivity index (χ4n) is 0.300. The third kappa shape index (κ3) is 2.54. The Kier molecular flexibility index (Phi) is 3.14. The number of carbonyl (C=O) groups excluding carboxylic acids is 1. The van der Waals surface area contributed by atoms with Crippen molar-refractivity contribution in [2.45, 2.75) is 6.42 Å². The van der Waals surface area contributed by atoms with E-state index in [1.807, 2.05) is 0 Å². The van der Waals surface area contributed by atoms with Crippen LogP contribution < -0.4 is 11.6 Å². The molecule has 0 saturated carbocycles. The molecule has 4 heteroatoms. The highest BCUT2D eigenvalue weighted by molar-refractivity contribution is 5.75. The van der Waals surface area contributed by atoms with Crippen LogP contribution in [0.2, 0.25) is 0 Å². The molecule has 0 aromatic carbocycles. The van der Waals surface area contributed by atoms with Crippen molar-refractivity contribution >= 4 is 5.91 Å². The SMILES string of the molecule is CN(N)C(=O)CCN. The summed E-state index contributed by atoms with van der Waals surface area (Å²) in [5, 5.41) is 1.03. The molecule has 8 heavy (non-hydrogen) atoms. The van der Waals surface area contributed by atoms with Crippen molar-refractivity contribution < 1.29 is 4.79 Å². The van der Waals surface area contributed by atoms with Gasteiger partial charge in [-0.15, -0.1) is 0 Å². The second-order valence-corrected chi connectivity index (χ2v) is 1.54. The molecule has 0 atom stereocenters. The lowest BCUT2D eigenvalue weighted by Gasteiger charge is -2.06. The highest BCUT2D eigenvalue weighted by Gasteiger charge is 1.99. The summed E-state index contributed by atoms with van der Waals surface area (Å²) in [5.41, 5.74) is 5.06. The topological polar surface area (TPSA) is 72.3 Å². The van der Waals surface area contributed by atoms with Gasteiger partial charge < -0.3 is 5.73 Å². The van der Waals surface area contributed by atoms with Gasteiger partial charge in [0.2, 0.25) is 5.91 Å². The zero-order chi connectivity index (χ0) is 6.57. The number of carbonyl (C=O) groups is 1. The third-order valence-corrected chi connectivity index (χ3v) is 0.752. The van der Waals surface area contributed by atoms with Gasteiger partial charge in [-0.05, 0) is 0 Å². The molecular weight excluding hydrogens is 106 g/mol. The van der Waals surface area contributed by atoms with E-state index in [1.54, 1.807) is 0 Å². The van der Waals surface area contributed by atoms with E-state index in [-0.39, 0.29) is 5.91 Å². The van der Waals surface area contributed by atoms with Crippen LogP contribution in [0.5, 0.6) is 0 Å². The Bertz CT molecular complexity index is 81.4. The summed E-state index contributed by atoms with van der Waals surface area (Å²) < 4.78 is 0. The van der Waals surface area contributed by atoms with Gasteiger partial charge in [0.15, 0.2) is 0 Å². The maximum atomic E-state index is 10.5. The summed E-state index contributed by atoms with van der Waals surface area (Å²) >= 11 is 0. The molecule has 1 amide bonds. The molecule has 0 aliphatic rings. The first-order chi connectivity index (χ1) is 3.68. The zero-order valence-electron chi connectivity index (χ0n) is 4.92. The van der Waals surface area contributed by atoms with E-state index >= 15 is 0 Å². The normalized spacial score (nSPS) is 8.88. The third-order valence-electron chi connectivity index (χ3n) is 0.752. The van der Waals surface area contributed by atoms with Gasteiger partial charge >= 0.3 is 0 Å². The summed E-state index contributed by atoms with van der Waals surface area (Å²) in [6, 6.07) is 0. The summed E-state index contributed by atoms with van der Waals surface area (Å²) in [6.45, 7) is 0.361. The van der Waals surface area contributed by atoms with Crippen LogP contribution in [0.25, 0.3) is 0 Å². The highest BCUT2D eigenvalue weighted by atomic mass is 16.2. The van der Waals surface area contributed by atoms with Crippen molar-refractivity contribution in [3.05, 3.63) is 0 Å². The van der Waals surface area contributed by atoms with Crippen molar-refractivity contribution in [3.63, 3.8) is 0 Å². The smallest absolute Gasteiger partial charge is 0.237 e. The zero-order valence-corrected chi connectivity index (χ0v) is 4.92. The molecule has 0 aromatic heterocycles. The molecule has 0 bridgehead atoms. The van der Waals surface area contributed by atoms with Gasteiger partial charge in [0.05, 0.1) is 0 Å².